The Morgan fingerprint density at radius 2 is 1.32 bits per heavy atom. The SMILES string of the molecule is CN1C(=O)C2(Oc3ccccc3C23C(=O)N(C)c2cc(Cl)ccc23)c2ccc(Cl)cc21. The molecule has 0 fully saturated rings. The van der Waals surface area contributed by atoms with Gasteiger partial charge in [-0.25, -0.2) is 0 Å². The Labute approximate surface area is 188 Å². The van der Waals surface area contributed by atoms with Crippen molar-refractivity contribution in [1.29, 1.82) is 0 Å². The maximum Gasteiger partial charge on any atom is 0.277 e. The van der Waals surface area contributed by atoms with Crippen molar-refractivity contribution in [2.24, 2.45) is 0 Å². The molecule has 2 atom stereocenters. The van der Waals surface area contributed by atoms with Gasteiger partial charge in [-0.05, 0) is 30.3 Å². The number of hydrogen-bond donors (Lipinski definition) is 0. The van der Waals surface area contributed by atoms with Crippen molar-refractivity contribution in [3.63, 3.8) is 0 Å². The predicted octanol–water partition coefficient (Wildman–Crippen LogP) is 4.52. The Morgan fingerprint density at radius 1 is 0.742 bits per heavy atom. The second kappa shape index (κ2) is 5.81. The molecule has 0 radical (unpaired) electrons. The average Bonchev–Trinajstić information content (AvgIpc) is 3.27. The standard InChI is InChI=1S/C24H16Cl2N2O3/c1-27-18-11-13(25)7-9-15(18)23(21(27)29)17-5-3-4-6-20(17)31-24(23)16-10-8-14(26)12-19(16)28(2)22(24)30/h3-12H,1-2H3. The minimum atomic E-state index is -1.59. The molecule has 3 aliphatic heterocycles. The zero-order valence-electron chi connectivity index (χ0n) is 16.6. The quantitative estimate of drug-likeness (QED) is 0.505. The van der Waals surface area contributed by atoms with Crippen LogP contribution in [-0.4, -0.2) is 25.9 Å². The van der Waals surface area contributed by atoms with Gasteiger partial charge in [0.05, 0.1) is 5.69 Å². The Balaban J connectivity index is 1.80. The third-order valence-electron chi connectivity index (χ3n) is 6.74. The third kappa shape index (κ3) is 1.91. The fraction of sp³-hybridized carbons (Fsp3) is 0.167. The van der Waals surface area contributed by atoms with Crippen LogP contribution in [0.3, 0.4) is 0 Å². The Hall–Kier alpha value is -3.02. The molecule has 0 N–H and O–H groups in total. The first-order valence-corrected chi connectivity index (χ1v) is 10.5. The summed E-state index contributed by atoms with van der Waals surface area (Å²) in [5.74, 6) is -0.0404. The number of halogens is 2. The van der Waals surface area contributed by atoms with Gasteiger partial charge in [0.25, 0.3) is 5.91 Å². The highest BCUT2D eigenvalue weighted by molar-refractivity contribution is 6.32. The molecule has 2 spiro atoms. The summed E-state index contributed by atoms with van der Waals surface area (Å²) in [7, 11) is 3.38. The van der Waals surface area contributed by atoms with E-state index in [9.17, 15) is 9.59 Å². The summed E-state index contributed by atoms with van der Waals surface area (Å²) in [6, 6.07) is 17.9. The summed E-state index contributed by atoms with van der Waals surface area (Å²) in [6.45, 7) is 0. The number of para-hydroxylation sites is 1. The lowest BCUT2D eigenvalue weighted by molar-refractivity contribution is -0.142. The fourth-order valence-electron chi connectivity index (χ4n) is 5.47. The van der Waals surface area contributed by atoms with Crippen molar-refractivity contribution in [2.45, 2.75) is 11.0 Å². The molecule has 7 heteroatoms. The van der Waals surface area contributed by atoms with E-state index in [0.717, 1.165) is 0 Å². The van der Waals surface area contributed by atoms with Crippen LogP contribution in [0.15, 0.2) is 60.7 Å². The van der Waals surface area contributed by atoms with Crippen LogP contribution in [0.1, 0.15) is 16.7 Å². The molecule has 0 bridgehead atoms. The fourth-order valence-corrected chi connectivity index (χ4v) is 5.81. The monoisotopic (exact) mass is 450 g/mol. The zero-order chi connectivity index (χ0) is 21.7. The zero-order valence-corrected chi connectivity index (χ0v) is 18.2. The Bertz CT molecular complexity index is 1340. The summed E-state index contributed by atoms with van der Waals surface area (Å²) in [6.07, 6.45) is 0. The van der Waals surface area contributed by atoms with Crippen LogP contribution in [0.2, 0.25) is 10.0 Å². The van der Waals surface area contributed by atoms with Crippen LogP contribution in [0, 0.1) is 0 Å². The van der Waals surface area contributed by atoms with Gasteiger partial charge in [-0.15, -0.1) is 0 Å². The van der Waals surface area contributed by atoms with Crippen molar-refractivity contribution in [2.75, 3.05) is 23.9 Å². The lowest BCUT2D eigenvalue weighted by atomic mass is 9.63. The Kier molecular flexibility index (Phi) is 3.51. The van der Waals surface area contributed by atoms with Gasteiger partial charge < -0.3 is 14.5 Å². The maximum absolute atomic E-state index is 14.2. The highest BCUT2D eigenvalue weighted by atomic mass is 35.5. The van der Waals surface area contributed by atoms with E-state index in [1.807, 2.05) is 24.3 Å². The van der Waals surface area contributed by atoms with Gasteiger partial charge in [0.15, 0.2) is 5.41 Å². The van der Waals surface area contributed by atoms with Crippen molar-refractivity contribution in [3.8, 4) is 5.75 Å². The number of fused-ring (bicyclic) bond motifs is 7. The summed E-state index contributed by atoms with van der Waals surface area (Å²) < 4.78 is 6.53. The van der Waals surface area contributed by atoms with Crippen molar-refractivity contribution >= 4 is 46.4 Å². The summed E-state index contributed by atoms with van der Waals surface area (Å²) >= 11 is 12.5. The number of ether oxygens (including phenoxy) is 1. The molecule has 31 heavy (non-hydrogen) atoms. The number of likely N-dealkylation sites (N-methyl/N-ethyl adjacent to an activating group) is 2. The molecule has 3 heterocycles. The molecule has 3 aromatic carbocycles. The minimum absolute atomic E-state index is 0.237. The normalized spacial score (nSPS) is 25.3. The highest BCUT2D eigenvalue weighted by Gasteiger charge is 2.76. The molecule has 0 saturated heterocycles. The van der Waals surface area contributed by atoms with Gasteiger partial charge in [-0.1, -0.05) is 53.5 Å². The maximum atomic E-state index is 14.2. The van der Waals surface area contributed by atoms with Crippen molar-refractivity contribution < 1.29 is 14.3 Å². The highest BCUT2D eigenvalue weighted by Crippen LogP contribution is 2.66. The summed E-state index contributed by atoms with van der Waals surface area (Å²) in [5.41, 5.74) is 0.289. The topological polar surface area (TPSA) is 49.9 Å². The molecule has 0 aliphatic carbocycles. The summed E-state index contributed by atoms with van der Waals surface area (Å²) in [5, 5.41) is 1.01. The molecular weight excluding hydrogens is 435 g/mol. The van der Waals surface area contributed by atoms with Gasteiger partial charge in [-0.2, -0.15) is 0 Å². The molecule has 3 aliphatic rings. The van der Waals surface area contributed by atoms with E-state index in [4.69, 9.17) is 27.9 Å². The van der Waals surface area contributed by atoms with Crippen LogP contribution in [-0.2, 0) is 20.6 Å². The van der Waals surface area contributed by atoms with Crippen LogP contribution >= 0.6 is 23.2 Å². The van der Waals surface area contributed by atoms with Crippen LogP contribution in [0.4, 0.5) is 11.4 Å². The molecule has 3 aromatic rings. The molecule has 2 unspecified atom stereocenters. The van der Waals surface area contributed by atoms with E-state index in [1.54, 1.807) is 55.4 Å². The molecular formula is C24H16Cl2N2O3. The largest absolute Gasteiger partial charge is 0.470 e. The number of carbonyl (C=O) groups is 2. The number of carbonyl (C=O) groups excluding carboxylic acids is 2. The number of benzene rings is 3. The molecule has 154 valence electrons. The van der Waals surface area contributed by atoms with Crippen LogP contribution in [0.25, 0.3) is 0 Å². The second-order valence-corrected chi connectivity index (χ2v) is 8.95. The molecule has 6 rings (SSSR count). The number of amides is 2. The lowest BCUT2D eigenvalue weighted by Crippen LogP contribution is -2.59. The first-order chi connectivity index (χ1) is 14.8. The number of nitrogens with zero attached hydrogens (tertiary/aromatic N) is 2. The first kappa shape index (κ1) is 18.7. The second-order valence-electron chi connectivity index (χ2n) is 8.08. The van der Waals surface area contributed by atoms with Gasteiger partial charge in [0.2, 0.25) is 11.5 Å². The molecule has 0 aromatic heterocycles. The summed E-state index contributed by atoms with van der Waals surface area (Å²) in [4.78, 5) is 31.3. The van der Waals surface area contributed by atoms with E-state index in [0.29, 0.717) is 43.9 Å². The first-order valence-electron chi connectivity index (χ1n) is 9.79. The van der Waals surface area contributed by atoms with E-state index in [-0.39, 0.29) is 11.8 Å². The van der Waals surface area contributed by atoms with Gasteiger partial charge >= 0.3 is 0 Å². The van der Waals surface area contributed by atoms with Gasteiger partial charge in [0, 0.05) is 46.5 Å². The molecule has 5 nitrogen and oxygen atoms in total. The van der Waals surface area contributed by atoms with Crippen molar-refractivity contribution in [3.05, 3.63) is 87.4 Å². The third-order valence-corrected chi connectivity index (χ3v) is 7.21. The van der Waals surface area contributed by atoms with Gasteiger partial charge in [-0.3, -0.25) is 9.59 Å². The van der Waals surface area contributed by atoms with Crippen LogP contribution < -0.4 is 14.5 Å². The number of rotatable bonds is 0. The van der Waals surface area contributed by atoms with E-state index < -0.39 is 11.0 Å². The number of hydrogen-bond acceptors (Lipinski definition) is 3. The van der Waals surface area contributed by atoms with E-state index >= 15 is 0 Å². The van der Waals surface area contributed by atoms with E-state index in [1.165, 1.54) is 4.90 Å². The van der Waals surface area contributed by atoms with Crippen LogP contribution in [0.5, 0.6) is 5.75 Å². The van der Waals surface area contributed by atoms with Gasteiger partial charge in [0.1, 0.15) is 5.75 Å². The smallest absolute Gasteiger partial charge is 0.277 e. The van der Waals surface area contributed by atoms with Crippen molar-refractivity contribution in [1.82, 2.24) is 0 Å². The Morgan fingerprint density at radius 3 is 2.03 bits per heavy atom. The molecule has 0 saturated carbocycles. The van der Waals surface area contributed by atoms with E-state index in [2.05, 4.69) is 0 Å². The average molecular weight is 451 g/mol. The number of anilines is 2. The predicted molar refractivity (Wildman–Crippen MR) is 119 cm³/mol. The lowest BCUT2D eigenvalue weighted by Gasteiger charge is -2.37. The minimum Gasteiger partial charge on any atom is -0.470 e. The molecule has 2 amide bonds.